The fourth-order valence-electron chi connectivity index (χ4n) is 1.85. The highest BCUT2D eigenvalue weighted by Gasteiger charge is 2.04. The van der Waals surface area contributed by atoms with Gasteiger partial charge in [-0.15, -0.1) is 11.3 Å². The van der Waals surface area contributed by atoms with Crippen molar-refractivity contribution in [2.75, 3.05) is 0 Å². The summed E-state index contributed by atoms with van der Waals surface area (Å²) in [7, 11) is 0. The monoisotopic (exact) mass is 291 g/mol. The Morgan fingerprint density at radius 2 is 1.65 bits per heavy atom. The molecule has 0 amide bonds. The molecule has 1 heterocycles. The molecular formula is C15H17NO3S. The van der Waals surface area contributed by atoms with E-state index in [1.165, 1.54) is 11.3 Å². The molecule has 106 valence electrons. The van der Waals surface area contributed by atoms with Gasteiger partial charge in [-0.05, 0) is 23.3 Å². The van der Waals surface area contributed by atoms with Crippen molar-refractivity contribution in [3.8, 4) is 0 Å². The third kappa shape index (κ3) is 4.45. The van der Waals surface area contributed by atoms with Crippen LogP contribution in [0.25, 0.3) is 0 Å². The molecule has 1 aromatic heterocycles. The molecule has 0 atom stereocenters. The summed E-state index contributed by atoms with van der Waals surface area (Å²) in [5.74, 6) is -0.796. The van der Waals surface area contributed by atoms with E-state index in [9.17, 15) is 4.79 Å². The molecule has 0 saturated carbocycles. The standard InChI is InChI=1S/C15H17NO3S/c17-10-12-3-1-11(2-4-12)8-16-9-14-6-5-13(20-14)7-15(18)19/h1-6,16-17H,7-10H2,(H,18,19). The van der Waals surface area contributed by atoms with E-state index in [0.29, 0.717) is 0 Å². The lowest BCUT2D eigenvalue weighted by Gasteiger charge is -2.04. The smallest absolute Gasteiger partial charge is 0.308 e. The van der Waals surface area contributed by atoms with E-state index in [1.807, 2.05) is 36.4 Å². The quantitative estimate of drug-likeness (QED) is 0.731. The summed E-state index contributed by atoms with van der Waals surface area (Å²) in [6.07, 6.45) is 0.0906. The largest absolute Gasteiger partial charge is 0.481 e. The second-order valence-electron chi connectivity index (χ2n) is 4.52. The molecule has 0 aliphatic rings. The Kier molecular flexibility index (Phi) is 5.29. The first-order chi connectivity index (χ1) is 9.67. The van der Waals surface area contributed by atoms with Gasteiger partial charge in [0.1, 0.15) is 0 Å². The van der Waals surface area contributed by atoms with Crippen LogP contribution in [0.2, 0.25) is 0 Å². The topological polar surface area (TPSA) is 69.6 Å². The molecule has 0 unspecified atom stereocenters. The molecule has 20 heavy (non-hydrogen) atoms. The molecule has 2 rings (SSSR count). The molecule has 4 nitrogen and oxygen atoms in total. The maximum absolute atomic E-state index is 10.6. The summed E-state index contributed by atoms with van der Waals surface area (Å²) in [5, 5.41) is 21.0. The number of rotatable bonds is 7. The fourth-order valence-corrected chi connectivity index (χ4v) is 2.83. The number of carboxylic acid groups (broad SMARTS) is 1. The Hall–Kier alpha value is -1.69. The van der Waals surface area contributed by atoms with E-state index in [-0.39, 0.29) is 13.0 Å². The van der Waals surface area contributed by atoms with Gasteiger partial charge in [-0.3, -0.25) is 4.79 Å². The molecule has 0 aliphatic carbocycles. The van der Waals surface area contributed by atoms with Gasteiger partial charge in [0.25, 0.3) is 0 Å². The number of carboxylic acids is 1. The zero-order valence-electron chi connectivity index (χ0n) is 11.0. The number of hydrogen-bond acceptors (Lipinski definition) is 4. The predicted molar refractivity (Wildman–Crippen MR) is 78.6 cm³/mol. The average molecular weight is 291 g/mol. The maximum Gasteiger partial charge on any atom is 0.308 e. The number of thiophene rings is 1. The maximum atomic E-state index is 10.6. The first-order valence-electron chi connectivity index (χ1n) is 6.36. The summed E-state index contributed by atoms with van der Waals surface area (Å²) in [6, 6.07) is 11.6. The molecule has 0 spiro atoms. The van der Waals surface area contributed by atoms with Crippen LogP contribution in [-0.4, -0.2) is 16.2 Å². The lowest BCUT2D eigenvalue weighted by atomic mass is 10.1. The number of nitrogens with one attached hydrogen (secondary N) is 1. The van der Waals surface area contributed by atoms with Crippen LogP contribution >= 0.6 is 11.3 Å². The second kappa shape index (κ2) is 7.19. The summed E-state index contributed by atoms with van der Waals surface area (Å²) in [4.78, 5) is 12.6. The Morgan fingerprint density at radius 3 is 2.30 bits per heavy atom. The van der Waals surface area contributed by atoms with Gasteiger partial charge in [-0.25, -0.2) is 0 Å². The van der Waals surface area contributed by atoms with Crippen molar-refractivity contribution >= 4 is 17.3 Å². The molecule has 0 radical (unpaired) electrons. The van der Waals surface area contributed by atoms with Crippen LogP contribution in [0.1, 0.15) is 20.9 Å². The fraction of sp³-hybridized carbons (Fsp3) is 0.267. The van der Waals surface area contributed by atoms with Crippen LogP contribution in [0.15, 0.2) is 36.4 Å². The SMILES string of the molecule is O=C(O)Cc1ccc(CNCc2ccc(CO)cc2)s1. The van der Waals surface area contributed by atoms with E-state index >= 15 is 0 Å². The first-order valence-corrected chi connectivity index (χ1v) is 7.18. The molecule has 2 aromatic rings. The van der Waals surface area contributed by atoms with Crippen LogP contribution in [0.5, 0.6) is 0 Å². The van der Waals surface area contributed by atoms with Crippen molar-refractivity contribution in [3.05, 3.63) is 57.3 Å². The number of aliphatic hydroxyl groups is 1. The molecule has 5 heteroatoms. The number of carbonyl (C=O) groups is 1. The number of aliphatic hydroxyl groups excluding tert-OH is 1. The van der Waals surface area contributed by atoms with Crippen LogP contribution in [-0.2, 0) is 30.9 Å². The van der Waals surface area contributed by atoms with E-state index < -0.39 is 5.97 Å². The zero-order valence-corrected chi connectivity index (χ0v) is 11.8. The Balaban J connectivity index is 1.80. The van der Waals surface area contributed by atoms with Crippen LogP contribution < -0.4 is 5.32 Å². The predicted octanol–water partition coefficient (Wildman–Crippen LogP) is 2.16. The number of aliphatic carboxylic acids is 1. The van der Waals surface area contributed by atoms with Gasteiger partial charge < -0.3 is 15.5 Å². The summed E-state index contributed by atoms with van der Waals surface area (Å²) in [6.45, 7) is 1.54. The highest BCUT2D eigenvalue weighted by molar-refractivity contribution is 7.12. The van der Waals surface area contributed by atoms with Gasteiger partial charge in [0.05, 0.1) is 13.0 Å². The highest BCUT2D eigenvalue weighted by atomic mass is 32.1. The lowest BCUT2D eigenvalue weighted by Crippen LogP contribution is -2.11. The van der Waals surface area contributed by atoms with Crippen molar-refractivity contribution in [3.63, 3.8) is 0 Å². The summed E-state index contributed by atoms with van der Waals surface area (Å²) < 4.78 is 0. The van der Waals surface area contributed by atoms with Gasteiger partial charge in [-0.1, -0.05) is 24.3 Å². The van der Waals surface area contributed by atoms with Crippen LogP contribution in [0, 0.1) is 0 Å². The molecule has 0 bridgehead atoms. The first kappa shape index (κ1) is 14.7. The normalized spacial score (nSPS) is 10.7. The van der Waals surface area contributed by atoms with E-state index in [0.717, 1.165) is 34.0 Å². The van der Waals surface area contributed by atoms with Crippen molar-refractivity contribution in [1.82, 2.24) is 5.32 Å². The summed E-state index contributed by atoms with van der Waals surface area (Å²) in [5.41, 5.74) is 2.06. The molecule has 3 N–H and O–H groups in total. The number of benzene rings is 1. The second-order valence-corrected chi connectivity index (χ2v) is 5.77. The molecular weight excluding hydrogens is 274 g/mol. The Bertz CT molecular complexity index is 563. The van der Waals surface area contributed by atoms with Crippen molar-refractivity contribution in [2.45, 2.75) is 26.1 Å². The van der Waals surface area contributed by atoms with Crippen LogP contribution in [0.3, 0.4) is 0 Å². The van der Waals surface area contributed by atoms with Gasteiger partial charge in [0.15, 0.2) is 0 Å². The van der Waals surface area contributed by atoms with E-state index in [1.54, 1.807) is 0 Å². The third-order valence-corrected chi connectivity index (χ3v) is 3.96. The summed E-state index contributed by atoms with van der Waals surface area (Å²) >= 11 is 1.53. The van der Waals surface area contributed by atoms with E-state index in [4.69, 9.17) is 10.2 Å². The minimum absolute atomic E-state index is 0.0647. The minimum Gasteiger partial charge on any atom is -0.481 e. The lowest BCUT2D eigenvalue weighted by molar-refractivity contribution is -0.136. The zero-order chi connectivity index (χ0) is 14.4. The van der Waals surface area contributed by atoms with Crippen LogP contribution in [0.4, 0.5) is 0 Å². The molecule has 0 aliphatic heterocycles. The van der Waals surface area contributed by atoms with E-state index in [2.05, 4.69) is 5.32 Å². The molecule has 0 saturated heterocycles. The van der Waals surface area contributed by atoms with Gasteiger partial charge in [0.2, 0.25) is 0 Å². The highest BCUT2D eigenvalue weighted by Crippen LogP contribution is 2.17. The van der Waals surface area contributed by atoms with Crippen molar-refractivity contribution in [2.24, 2.45) is 0 Å². The Morgan fingerprint density at radius 1 is 1.00 bits per heavy atom. The minimum atomic E-state index is -0.796. The van der Waals surface area contributed by atoms with Gasteiger partial charge in [0, 0.05) is 22.8 Å². The molecule has 1 aromatic carbocycles. The molecule has 0 fully saturated rings. The van der Waals surface area contributed by atoms with Crippen molar-refractivity contribution in [1.29, 1.82) is 0 Å². The van der Waals surface area contributed by atoms with Gasteiger partial charge >= 0.3 is 5.97 Å². The van der Waals surface area contributed by atoms with Crippen molar-refractivity contribution < 1.29 is 15.0 Å². The average Bonchev–Trinajstić information content (AvgIpc) is 2.86. The van der Waals surface area contributed by atoms with Gasteiger partial charge in [-0.2, -0.15) is 0 Å². The Labute approximate surface area is 121 Å². The third-order valence-electron chi connectivity index (χ3n) is 2.88. The number of hydrogen-bond donors (Lipinski definition) is 3.